The number of amides is 2. The number of hydrogen-bond acceptors (Lipinski definition) is 2. The number of piperazine rings is 1. The average molecular weight is 423 g/mol. The maximum absolute atomic E-state index is 12.5. The third-order valence-electron chi connectivity index (χ3n) is 5.58. The fourth-order valence-electron chi connectivity index (χ4n) is 3.89. The monoisotopic (exact) mass is 422 g/mol. The molecule has 0 unspecified atom stereocenters. The molecule has 0 saturated carbocycles. The van der Waals surface area contributed by atoms with Crippen molar-refractivity contribution in [2.75, 3.05) is 32.7 Å². The Balaban J connectivity index is 1.25. The largest absolute Gasteiger partial charge is 0.343 e. The molecule has 1 aliphatic heterocycles. The molecular formula is C24H25ClN3O2+. The second-order valence-electron chi connectivity index (χ2n) is 7.68. The van der Waals surface area contributed by atoms with Crippen LogP contribution in [0.5, 0.6) is 0 Å². The summed E-state index contributed by atoms with van der Waals surface area (Å²) in [6, 6.07) is 21.4. The van der Waals surface area contributed by atoms with E-state index < -0.39 is 0 Å². The Morgan fingerprint density at radius 1 is 0.933 bits per heavy atom. The minimum Gasteiger partial charge on any atom is -0.343 e. The van der Waals surface area contributed by atoms with Gasteiger partial charge in [0.15, 0.2) is 0 Å². The van der Waals surface area contributed by atoms with Crippen LogP contribution in [0.2, 0.25) is 5.02 Å². The number of nitrogens with zero attached hydrogens (tertiary/aromatic N) is 1. The zero-order chi connectivity index (χ0) is 20.9. The Labute approximate surface area is 181 Å². The lowest BCUT2D eigenvalue weighted by molar-refractivity contribution is -0.917. The molecule has 0 atom stereocenters. The van der Waals surface area contributed by atoms with E-state index in [4.69, 9.17) is 11.6 Å². The van der Waals surface area contributed by atoms with Gasteiger partial charge in [-0.05, 0) is 35.0 Å². The van der Waals surface area contributed by atoms with Gasteiger partial charge in [-0.2, -0.15) is 0 Å². The van der Waals surface area contributed by atoms with Gasteiger partial charge in [-0.15, -0.1) is 0 Å². The zero-order valence-corrected chi connectivity index (χ0v) is 17.5. The Hall–Kier alpha value is -2.89. The number of quaternary nitrogens is 1. The lowest BCUT2D eigenvalue weighted by Gasteiger charge is -2.32. The highest BCUT2D eigenvalue weighted by Gasteiger charge is 2.24. The highest BCUT2D eigenvalue weighted by Crippen LogP contribution is 2.15. The summed E-state index contributed by atoms with van der Waals surface area (Å²) in [5.41, 5.74) is 1.78. The van der Waals surface area contributed by atoms with Crippen molar-refractivity contribution in [3.05, 3.63) is 82.9 Å². The van der Waals surface area contributed by atoms with Crippen molar-refractivity contribution in [3.63, 3.8) is 0 Å². The molecule has 0 aliphatic carbocycles. The normalized spacial score (nSPS) is 14.6. The quantitative estimate of drug-likeness (QED) is 0.662. The maximum Gasteiger partial charge on any atom is 0.251 e. The minimum absolute atomic E-state index is 0.0231. The van der Waals surface area contributed by atoms with Crippen LogP contribution in [0.1, 0.15) is 15.9 Å². The molecule has 6 heteroatoms. The van der Waals surface area contributed by atoms with Gasteiger partial charge in [-0.25, -0.2) is 0 Å². The van der Waals surface area contributed by atoms with Crippen LogP contribution in [0.3, 0.4) is 0 Å². The van der Waals surface area contributed by atoms with Crippen molar-refractivity contribution in [1.82, 2.24) is 10.2 Å². The first-order valence-electron chi connectivity index (χ1n) is 10.2. The van der Waals surface area contributed by atoms with Crippen molar-refractivity contribution in [1.29, 1.82) is 0 Å². The molecule has 2 N–H and O–H groups in total. The predicted molar refractivity (Wildman–Crippen MR) is 119 cm³/mol. The minimum atomic E-state index is -0.223. The summed E-state index contributed by atoms with van der Waals surface area (Å²) >= 11 is 6.06. The highest BCUT2D eigenvalue weighted by atomic mass is 35.5. The SMILES string of the molecule is O=C(NCC(=O)N1CC[NH+](Cc2cccc(Cl)c2)CC1)c1ccc2ccccc2c1. The van der Waals surface area contributed by atoms with Crippen molar-refractivity contribution in [2.45, 2.75) is 6.54 Å². The standard InChI is InChI=1S/C24H24ClN3O2/c25-22-7-3-4-18(14-22)17-27-10-12-28(13-11-27)23(29)16-26-24(30)21-9-8-19-5-1-2-6-20(19)15-21/h1-9,14-15H,10-13,16-17H2,(H,26,30)/p+1. The molecule has 0 bridgehead atoms. The van der Waals surface area contributed by atoms with Crippen LogP contribution in [-0.4, -0.2) is 49.4 Å². The molecule has 2 amide bonds. The molecule has 5 nitrogen and oxygen atoms in total. The van der Waals surface area contributed by atoms with Crippen molar-refractivity contribution in [3.8, 4) is 0 Å². The van der Waals surface area contributed by atoms with E-state index in [1.54, 1.807) is 6.07 Å². The van der Waals surface area contributed by atoms with Crippen LogP contribution in [0, 0.1) is 0 Å². The van der Waals surface area contributed by atoms with Crippen LogP contribution in [0.4, 0.5) is 0 Å². The first-order valence-corrected chi connectivity index (χ1v) is 10.6. The lowest BCUT2D eigenvalue weighted by atomic mass is 10.1. The fraction of sp³-hybridized carbons (Fsp3) is 0.250. The molecule has 1 heterocycles. The number of carbonyl (C=O) groups is 2. The fourth-order valence-corrected chi connectivity index (χ4v) is 4.10. The molecule has 1 fully saturated rings. The molecule has 3 aromatic carbocycles. The predicted octanol–water partition coefficient (Wildman–Crippen LogP) is 2.15. The summed E-state index contributed by atoms with van der Waals surface area (Å²) in [5, 5.41) is 5.61. The summed E-state index contributed by atoms with van der Waals surface area (Å²) in [7, 11) is 0. The van der Waals surface area contributed by atoms with E-state index in [0.29, 0.717) is 18.7 Å². The summed E-state index contributed by atoms with van der Waals surface area (Å²) in [5.74, 6) is -0.259. The second kappa shape index (κ2) is 9.28. The first-order chi connectivity index (χ1) is 14.6. The third kappa shape index (κ3) is 4.99. The molecule has 1 saturated heterocycles. The third-order valence-corrected chi connectivity index (χ3v) is 5.81. The van der Waals surface area contributed by atoms with Gasteiger partial charge < -0.3 is 15.1 Å². The summed E-state index contributed by atoms with van der Waals surface area (Å²) in [6.07, 6.45) is 0. The molecule has 1 aliphatic rings. The topological polar surface area (TPSA) is 53.9 Å². The summed E-state index contributed by atoms with van der Waals surface area (Å²) < 4.78 is 0. The maximum atomic E-state index is 12.5. The molecule has 4 rings (SSSR count). The number of halogens is 1. The Kier molecular flexibility index (Phi) is 6.31. The number of fused-ring (bicyclic) bond motifs is 1. The van der Waals surface area contributed by atoms with Crippen LogP contribution >= 0.6 is 11.6 Å². The van der Waals surface area contributed by atoms with Gasteiger partial charge in [0.25, 0.3) is 5.91 Å². The van der Waals surface area contributed by atoms with Gasteiger partial charge in [0.1, 0.15) is 6.54 Å². The number of benzene rings is 3. The van der Waals surface area contributed by atoms with Crippen LogP contribution in [0.15, 0.2) is 66.7 Å². The van der Waals surface area contributed by atoms with Gasteiger partial charge >= 0.3 is 0 Å². The smallest absolute Gasteiger partial charge is 0.251 e. The van der Waals surface area contributed by atoms with Crippen molar-refractivity contribution >= 4 is 34.2 Å². The van der Waals surface area contributed by atoms with Crippen LogP contribution in [-0.2, 0) is 11.3 Å². The lowest BCUT2D eigenvalue weighted by Crippen LogP contribution is -3.13. The van der Waals surface area contributed by atoms with E-state index in [-0.39, 0.29) is 18.4 Å². The Bertz CT molecular complexity index is 1060. The number of rotatable bonds is 5. The highest BCUT2D eigenvalue weighted by molar-refractivity contribution is 6.30. The van der Waals surface area contributed by atoms with Gasteiger partial charge in [-0.1, -0.05) is 54.1 Å². The molecule has 0 radical (unpaired) electrons. The summed E-state index contributed by atoms with van der Waals surface area (Å²) in [4.78, 5) is 28.3. The van der Waals surface area contributed by atoms with Crippen molar-refractivity contribution in [2.24, 2.45) is 0 Å². The first kappa shape index (κ1) is 20.4. The van der Waals surface area contributed by atoms with Gasteiger partial charge in [0.05, 0.1) is 32.7 Å². The van der Waals surface area contributed by atoms with Gasteiger partial charge in [0.2, 0.25) is 5.91 Å². The summed E-state index contributed by atoms with van der Waals surface area (Å²) in [6.45, 7) is 4.09. The Morgan fingerprint density at radius 2 is 1.70 bits per heavy atom. The van der Waals surface area contributed by atoms with E-state index in [1.807, 2.05) is 59.5 Å². The van der Waals surface area contributed by atoms with E-state index in [9.17, 15) is 9.59 Å². The molecule has 0 spiro atoms. The molecule has 3 aromatic rings. The number of hydrogen-bond donors (Lipinski definition) is 2. The van der Waals surface area contributed by atoms with E-state index in [0.717, 1.165) is 35.4 Å². The number of nitrogens with one attached hydrogen (secondary N) is 2. The average Bonchev–Trinajstić information content (AvgIpc) is 2.77. The molecule has 154 valence electrons. The molecule has 30 heavy (non-hydrogen) atoms. The van der Waals surface area contributed by atoms with E-state index in [2.05, 4.69) is 11.4 Å². The van der Waals surface area contributed by atoms with Crippen molar-refractivity contribution < 1.29 is 14.5 Å². The van der Waals surface area contributed by atoms with Crippen LogP contribution < -0.4 is 10.2 Å². The zero-order valence-electron chi connectivity index (χ0n) is 16.7. The Morgan fingerprint density at radius 3 is 2.47 bits per heavy atom. The molecular weight excluding hydrogens is 398 g/mol. The van der Waals surface area contributed by atoms with E-state index in [1.165, 1.54) is 10.5 Å². The van der Waals surface area contributed by atoms with Gasteiger partial charge in [-0.3, -0.25) is 9.59 Å². The van der Waals surface area contributed by atoms with Gasteiger partial charge in [0, 0.05) is 16.1 Å². The number of carbonyl (C=O) groups excluding carboxylic acids is 2. The van der Waals surface area contributed by atoms with Crippen LogP contribution in [0.25, 0.3) is 10.8 Å². The van der Waals surface area contributed by atoms with E-state index >= 15 is 0 Å². The second-order valence-corrected chi connectivity index (χ2v) is 8.12. The molecule has 0 aromatic heterocycles.